The summed E-state index contributed by atoms with van der Waals surface area (Å²) in [6.07, 6.45) is 4.73. The summed E-state index contributed by atoms with van der Waals surface area (Å²) in [5.41, 5.74) is 1.23. The fourth-order valence-corrected chi connectivity index (χ4v) is 4.64. The predicted octanol–water partition coefficient (Wildman–Crippen LogP) is 2.44. The minimum Gasteiger partial charge on any atom is -0.373 e. The van der Waals surface area contributed by atoms with Crippen LogP contribution in [0.4, 0.5) is 0 Å². The third-order valence-electron chi connectivity index (χ3n) is 5.64. The predicted molar refractivity (Wildman–Crippen MR) is 91.8 cm³/mol. The average Bonchev–Trinajstić information content (AvgIpc) is 3.01. The van der Waals surface area contributed by atoms with Gasteiger partial charge in [-0.25, -0.2) is 4.98 Å². The molecule has 1 saturated carbocycles. The van der Waals surface area contributed by atoms with Gasteiger partial charge in [0.15, 0.2) is 5.82 Å². The number of nitrogens with zero attached hydrogens (tertiary/aromatic N) is 4. The number of nitro groups is 1. The first-order valence-corrected chi connectivity index (χ1v) is 9.12. The standard InChI is InChI=1S/C17H21ClN4O3/c18-14-6-5-11(9-19-14)10-20-7-8-21-16(20)15(22(24)25)12-3-1-2-4-13(12)17(21)23/h5-6,9,12-13,17,23H,1-4,7-8,10H2. The van der Waals surface area contributed by atoms with Gasteiger partial charge in [-0.05, 0) is 24.5 Å². The molecule has 1 saturated heterocycles. The SMILES string of the molecule is O=[N+]([O-])C1=C2N(Cc3ccc(Cl)nc3)CCN2C(O)C2CCCCC12. The van der Waals surface area contributed by atoms with Crippen molar-refractivity contribution in [1.82, 2.24) is 14.8 Å². The van der Waals surface area contributed by atoms with Gasteiger partial charge in [-0.1, -0.05) is 30.5 Å². The second-order valence-electron chi connectivity index (χ2n) is 7.04. The van der Waals surface area contributed by atoms with Gasteiger partial charge in [0, 0.05) is 31.7 Å². The van der Waals surface area contributed by atoms with Crippen LogP contribution in [0.25, 0.3) is 0 Å². The van der Waals surface area contributed by atoms with Gasteiger partial charge in [0.05, 0.1) is 10.8 Å². The number of hydrogen-bond donors (Lipinski definition) is 1. The van der Waals surface area contributed by atoms with E-state index in [-0.39, 0.29) is 22.5 Å². The number of fused-ring (bicyclic) bond motifs is 2. The van der Waals surface area contributed by atoms with Gasteiger partial charge in [-0.2, -0.15) is 0 Å². The van der Waals surface area contributed by atoms with Crippen LogP contribution in [-0.2, 0) is 6.54 Å². The molecule has 1 aromatic rings. The number of aliphatic hydroxyl groups excluding tert-OH is 1. The molecule has 0 amide bonds. The number of halogens is 1. The molecule has 0 aromatic carbocycles. The van der Waals surface area contributed by atoms with E-state index in [2.05, 4.69) is 4.98 Å². The minimum absolute atomic E-state index is 0.0324. The van der Waals surface area contributed by atoms with Gasteiger partial charge in [0.25, 0.3) is 5.70 Å². The lowest BCUT2D eigenvalue weighted by molar-refractivity contribution is -0.443. The van der Waals surface area contributed by atoms with E-state index in [1.54, 1.807) is 12.3 Å². The van der Waals surface area contributed by atoms with Crippen molar-refractivity contribution in [2.24, 2.45) is 11.8 Å². The first-order valence-electron chi connectivity index (χ1n) is 8.75. The van der Waals surface area contributed by atoms with Gasteiger partial charge >= 0.3 is 0 Å². The fraction of sp³-hybridized carbons (Fsp3) is 0.588. The molecule has 3 unspecified atom stereocenters. The lowest BCUT2D eigenvalue weighted by Gasteiger charge is -2.43. The molecular weight excluding hydrogens is 344 g/mol. The van der Waals surface area contributed by atoms with E-state index < -0.39 is 6.23 Å². The Bertz CT molecular complexity index is 708. The molecule has 3 heterocycles. The zero-order chi connectivity index (χ0) is 17.6. The highest BCUT2D eigenvalue weighted by Crippen LogP contribution is 2.46. The van der Waals surface area contributed by atoms with E-state index in [1.807, 2.05) is 15.9 Å². The molecule has 2 fully saturated rings. The third-order valence-corrected chi connectivity index (χ3v) is 5.87. The van der Waals surface area contributed by atoms with Crippen LogP contribution in [0.2, 0.25) is 5.15 Å². The quantitative estimate of drug-likeness (QED) is 0.504. The lowest BCUT2D eigenvalue weighted by Crippen LogP contribution is -2.49. The molecule has 134 valence electrons. The number of aromatic nitrogens is 1. The monoisotopic (exact) mass is 364 g/mol. The maximum atomic E-state index is 11.9. The van der Waals surface area contributed by atoms with E-state index in [4.69, 9.17) is 11.6 Å². The van der Waals surface area contributed by atoms with Crippen LogP contribution in [0.5, 0.6) is 0 Å². The van der Waals surface area contributed by atoms with Crippen LogP contribution in [0.1, 0.15) is 31.2 Å². The highest BCUT2D eigenvalue weighted by molar-refractivity contribution is 6.29. The number of pyridine rings is 1. The average molecular weight is 365 g/mol. The van der Waals surface area contributed by atoms with Crippen LogP contribution < -0.4 is 0 Å². The van der Waals surface area contributed by atoms with E-state index in [0.29, 0.717) is 30.6 Å². The van der Waals surface area contributed by atoms with Crippen LogP contribution in [0.3, 0.4) is 0 Å². The van der Waals surface area contributed by atoms with E-state index in [0.717, 1.165) is 31.2 Å². The highest BCUT2D eigenvalue weighted by atomic mass is 35.5. The van der Waals surface area contributed by atoms with Gasteiger partial charge < -0.3 is 14.9 Å². The second kappa shape index (κ2) is 6.46. The summed E-state index contributed by atoms with van der Waals surface area (Å²) in [6.45, 7) is 1.79. The van der Waals surface area contributed by atoms with Crippen molar-refractivity contribution in [3.05, 3.63) is 50.7 Å². The molecule has 2 aliphatic heterocycles. The Morgan fingerprint density at radius 1 is 1.32 bits per heavy atom. The van der Waals surface area contributed by atoms with Crippen molar-refractivity contribution in [1.29, 1.82) is 0 Å². The summed E-state index contributed by atoms with van der Waals surface area (Å²) < 4.78 is 0. The van der Waals surface area contributed by atoms with Crippen LogP contribution in [0.15, 0.2) is 29.8 Å². The Balaban J connectivity index is 1.70. The zero-order valence-electron chi connectivity index (χ0n) is 13.8. The van der Waals surface area contributed by atoms with Crippen LogP contribution in [-0.4, -0.2) is 44.1 Å². The molecule has 3 aliphatic rings. The number of rotatable bonds is 3. The van der Waals surface area contributed by atoms with Crippen molar-refractivity contribution in [3.8, 4) is 0 Å². The van der Waals surface area contributed by atoms with Crippen molar-refractivity contribution < 1.29 is 10.0 Å². The van der Waals surface area contributed by atoms with Crippen molar-refractivity contribution in [2.45, 2.75) is 38.5 Å². The largest absolute Gasteiger partial charge is 0.373 e. The Morgan fingerprint density at radius 3 is 2.84 bits per heavy atom. The van der Waals surface area contributed by atoms with E-state index in [1.165, 1.54) is 0 Å². The minimum atomic E-state index is -0.627. The summed E-state index contributed by atoms with van der Waals surface area (Å²) in [4.78, 5) is 19.6. The van der Waals surface area contributed by atoms with Crippen molar-refractivity contribution in [3.63, 3.8) is 0 Å². The number of allylic oxidation sites excluding steroid dienone is 1. The topological polar surface area (TPSA) is 82.7 Å². The Labute approximate surface area is 151 Å². The lowest BCUT2D eigenvalue weighted by atomic mass is 9.74. The maximum Gasteiger partial charge on any atom is 0.289 e. The summed E-state index contributed by atoms with van der Waals surface area (Å²) in [5.74, 6) is 0.402. The summed E-state index contributed by atoms with van der Waals surface area (Å²) in [6, 6.07) is 3.60. The van der Waals surface area contributed by atoms with Gasteiger partial charge in [0.1, 0.15) is 11.4 Å². The molecule has 0 radical (unpaired) electrons. The maximum absolute atomic E-state index is 11.9. The molecule has 25 heavy (non-hydrogen) atoms. The Kier molecular flexibility index (Phi) is 4.29. The van der Waals surface area contributed by atoms with Crippen LogP contribution >= 0.6 is 11.6 Å². The van der Waals surface area contributed by atoms with Crippen molar-refractivity contribution in [2.75, 3.05) is 13.1 Å². The normalized spacial score (nSPS) is 28.8. The molecule has 4 rings (SSSR count). The smallest absolute Gasteiger partial charge is 0.289 e. The molecular formula is C17H21ClN4O3. The van der Waals surface area contributed by atoms with Gasteiger partial charge in [-0.3, -0.25) is 10.1 Å². The Hall–Kier alpha value is -1.86. The van der Waals surface area contributed by atoms with E-state index in [9.17, 15) is 15.2 Å². The number of aliphatic hydroxyl groups is 1. The molecule has 0 spiro atoms. The molecule has 1 aliphatic carbocycles. The molecule has 0 bridgehead atoms. The molecule has 7 nitrogen and oxygen atoms in total. The summed E-state index contributed by atoms with van der Waals surface area (Å²) in [5, 5.41) is 23.1. The summed E-state index contributed by atoms with van der Waals surface area (Å²) in [7, 11) is 0. The first kappa shape index (κ1) is 16.6. The molecule has 1 aromatic heterocycles. The van der Waals surface area contributed by atoms with Crippen LogP contribution in [0, 0.1) is 22.0 Å². The highest BCUT2D eigenvalue weighted by Gasteiger charge is 2.51. The molecule has 1 N–H and O–H groups in total. The fourth-order valence-electron chi connectivity index (χ4n) is 4.53. The molecule has 8 heteroatoms. The second-order valence-corrected chi connectivity index (χ2v) is 7.43. The van der Waals surface area contributed by atoms with Gasteiger partial charge in [0.2, 0.25) is 0 Å². The Morgan fingerprint density at radius 2 is 2.12 bits per heavy atom. The van der Waals surface area contributed by atoms with E-state index >= 15 is 0 Å². The van der Waals surface area contributed by atoms with Crippen molar-refractivity contribution >= 4 is 11.6 Å². The zero-order valence-corrected chi connectivity index (χ0v) is 14.6. The third kappa shape index (κ3) is 2.85. The summed E-state index contributed by atoms with van der Waals surface area (Å²) >= 11 is 5.83. The van der Waals surface area contributed by atoms with Gasteiger partial charge in [-0.15, -0.1) is 0 Å². The molecule has 3 atom stereocenters. The first-order chi connectivity index (χ1) is 12.1. The number of hydrogen-bond acceptors (Lipinski definition) is 6.